The summed E-state index contributed by atoms with van der Waals surface area (Å²) in [7, 11) is 0. The molecule has 2 atom stereocenters. The summed E-state index contributed by atoms with van der Waals surface area (Å²) >= 11 is 0. The normalized spacial score (nSPS) is 27.4. The van der Waals surface area contributed by atoms with E-state index in [9.17, 15) is 9.90 Å². The number of carbonyl (C=O) groups is 1. The molecule has 0 bridgehead atoms. The second-order valence-corrected chi connectivity index (χ2v) is 2.90. The van der Waals surface area contributed by atoms with Gasteiger partial charge in [0.15, 0.2) is 0 Å². The first-order chi connectivity index (χ1) is 5.66. The van der Waals surface area contributed by atoms with E-state index in [0.29, 0.717) is 6.54 Å². The number of aliphatic hydroxyl groups is 2. The van der Waals surface area contributed by atoms with Crippen LogP contribution in [0.5, 0.6) is 0 Å². The molecule has 3 N–H and O–H groups in total. The molecular formula is C7H14N2O3. The maximum atomic E-state index is 11.2. The third kappa shape index (κ3) is 1.74. The summed E-state index contributed by atoms with van der Waals surface area (Å²) in [4.78, 5) is 12.5. The highest BCUT2D eigenvalue weighted by Crippen LogP contribution is 2.06. The molecule has 0 aromatic rings. The fraction of sp³-hybridized carbons (Fsp3) is 0.857. The SMILES string of the molecule is CC(O)N1C(=O)CNCC1CO. The minimum Gasteiger partial charge on any atom is -0.394 e. The highest BCUT2D eigenvalue weighted by atomic mass is 16.3. The number of piperazine rings is 1. The van der Waals surface area contributed by atoms with Gasteiger partial charge in [0.2, 0.25) is 5.91 Å². The minimum absolute atomic E-state index is 0.121. The molecule has 0 aromatic carbocycles. The Kier molecular flexibility index (Phi) is 3.02. The van der Waals surface area contributed by atoms with Gasteiger partial charge in [-0.05, 0) is 6.92 Å². The number of nitrogens with one attached hydrogen (secondary N) is 1. The van der Waals surface area contributed by atoms with Gasteiger partial charge in [0, 0.05) is 6.54 Å². The van der Waals surface area contributed by atoms with E-state index in [2.05, 4.69) is 5.32 Å². The minimum atomic E-state index is -0.822. The van der Waals surface area contributed by atoms with Crippen LogP contribution in [-0.2, 0) is 4.79 Å². The van der Waals surface area contributed by atoms with E-state index in [0.717, 1.165) is 0 Å². The summed E-state index contributed by atoms with van der Waals surface area (Å²) in [6, 6.07) is -0.300. The molecule has 1 fully saturated rings. The van der Waals surface area contributed by atoms with Crippen molar-refractivity contribution < 1.29 is 15.0 Å². The molecule has 1 amide bonds. The number of amides is 1. The summed E-state index contributed by atoms with van der Waals surface area (Å²) in [5.41, 5.74) is 0. The number of aliphatic hydroxyl groups excluding tert-OH is 2. The standard InChI is InChI=1S/C7H14N2O3/c1-5(11)9-6(4-10)2-8-3-7(9)12/h5-6,8,10-11H,2-4H2,1H3. The van der Waals surface area contributed by atoms with Crippen LogP contribution in [0.25, 0.3) is 0 Å². The van der Waals surface area contributed by atoms with Gasteiger partial charge < -0.3 is 20.4 Å². The molecule has 1 saturated heterocycles. The first kappa shape index (κ1) is 9.44. The van der Waals surface area contributed by atoms with Crippen molar-refractivity contribution in [3.63, 3.8) is 0 Å². The maximum Gasteiger partial charge on any atom is 0.238 e. The number of hydrogen-bond acceptors (Lipinski definition) is 4. The van der Waals surface area contributed by atoms with Gasteiger partial charge in [0.25, 0.3) is 0 Å². The first-order valence-corrected chi connectivity index (χ1v) is 3.97. The van der Waals surface area contributed by atoms with Crippen molar-refractivity contribution >= 4 is 5.91 Å². The molecule has 70 valence electrons. The predicted molar refractivity (Wildman–Crippen MR) is 42.3 cm³/mol. The predicted octanol–water partition coefficient (Wildman–Crippen LogP) is -1.88. The summed E-state index contributed by atoms with van der Waals surface area (Å²) in [5.74, 6) is -0.171. The average Bonchev–Trinajstić information content (AvgIpc) is 2.03. The highest BCUT2D eigenvalue weighted by Gasteiger charge is 2.29. The van der Waals surface area contributed by atoms with Crippen LogP contribution < -0.4 is 5.32 Å². The van der Waals surface area contributed by atoms with Crippen LogP contribution in [0.1, 0.15) is 6.92 Å². The molecule has 12 heavy (non-hydrogen) atoms. The van der Waals surface area contributed by atoms with E-state index in [-0.39, 0.29) is 25.1 Å². The number of rotatable bonds is 2. The number of nitrogens with zero attached hydrogens (tertiary/aromatic N) is 1. The summed E-state index contributed by atoms with van der Waals surface area (Å²) in [6.45, 7) is 2.17. The van der Waals surface area contributed by atoms with Gasteiger partial charge >= 0.3 is 0 Å². The maximum absolute atomic E-state index is 11.2. The number of hydrogen-bond donors (Lipinski definition) is 3. The zero-order chi connectivity index (χ0) is 9.14. The summed E-state index contributed by atoms with van der Waals surface area (Å²) < 4.78 is 0. The zero-order valence-electron chi connectivity index (χ0n) is 7.03. The van der Waals surface area contributed by atoms with Crippen LogP contribution in [0.4, 0.5) is 0 Å². The van der Waals surface area contributed by atoms with Crippen LogP contribution in [0, 0.1) is 0 Å². The monoisotopic (exact) mass is 174 g/mol. The third-order valence-corrected chi connectivity index (χ3v) is 1.95. The molecule has 0 saturated carbocycles. The van der Waals surface area contributed by atoms with Crippen molar-refractivity contribution in [3.8, 4) is 0 Å². The lowest BCUT2D eigenvalue weighted by Gasteiger charge is -2.36. The van der Waals surface area contributed by atoms with Crippen molar-refractivity contribution in [3.05, 3.63) is 0 Å². The van der Waals surface area contributed by atoms with Crippen molar-refractivity contribution in [2.75, 3.05) is 19.7 Å². The molecule has 1 rings (SSSR count). The van der Waals surface area contributed by atoms with Crippen molar-refractivity contribution in [1.82, 2.24) is 10.2 Å². The van der Waals surface area contributed by atoms with Crippen LogP contribution in [0.2, 0.25) is 0 Å². The first-order valence-electron chi connectivity index (χ1n) is 3.97. The third-order valence-electron chi connectivity index (χ3n) is 1.95. The van der Waals surface area contributed by atoms with Gasteiger partial charge in [-0.1, -0.05) is 0 Å². The van der Waals surface area contributed by atoms with Crippen molar-refractivity contribution in [1.29, 1.82) is 0 Å². The lowest BCUT2D eigenvalue weighted by atomic mass is 10.2. The number of carbonyl (C=O) groups excluding carboxylic acids is 1. The molecule has 1 aliphatic heterocycles. The second kappa shape index (κ2) is 3.84. The topological polar surface area (TPSA) is 72.8 Å². The van der Waals surface area contributed by atoms with E-state index in [1.54, 1.807) is 0 Å². The van der Waals surface area contributed by atoms with Gasteiger partial charge in [-0.25, -0.2) is 0 Å². The molecule has 0 aliphatic carbocycles. The van der Waals surface area contributed by atoms with Crippen molar-refractivity contribution in [2.24, 2.45) is 0 Å². The van der Waals surface area contributed by atoms with Gasteiger partial charge in [0.05, 0.1) is 19.2 Å². The Morgan fingerprint density at radius 3 is 2.92 bits per heavy atom. The second-order valence-electron chi connectivity index (χ2n) is 2.90. The highest BCUT2D eigenvalue weighted by molar-refractivity contribution is 5.79. The quantitative estimate of drug-likeness (QED) is 0.458. The Balaban J connectivity index is 2.66. The lowest BCUT2D eigenvalue weighted by Crippen LogP contribution is -2.59. The van der Waals surface area contributed by atoms with Gasteiger partial charge in [-0.15, -0.1) is 0 Å². The molecule has 1 aliphatic rings. The summed E-state index contributed by atoms with van der Waals surface area (Å²) in [5, 5.41) is 21.0. The smallest absolute Gasteiger partial charge is 0.238 e. The Morgan fingerprint density at radius 2 is 2.50 bits per heavy atom. The molecule has 5 nitrogen and oxygen atoms in total. The molecule has 1 heterocycles. The van der Waals surface area contributed by atoms with Crippen LogP contribution in [0.15, 0.2) is 0 Å². The molecule has 0 radical (unpaired) electrons. The molecule has 5 heteroatoms. The van der Waals surface area contributed by atoms with Crippen LogP contribution in [0.3, 0.4) is 0 Å². The van der Waals surface area contributed by atoms with E-state index in [1.165, 1.54) is 11.8 Å². The van der Waals surface area contributed by atoms with Gasteiger partial charge in [-0.3, -0.25) is 4.79 Å². The van der Waals surface area contributed by atoms with Crippen LogP contribution >= 0.6 is 0 Å². The van der Waals surface area contributed by atoms with E-state index in [1.807, 2.05) is 0 Å². The fourth-order valence-corrected chi connectivity index (χ4v) is 1.40. The Labute approximate surface area is 71.0 Å². The van der Waals surface area contributed by atoms with E-state index >= 15 is 0 Å². The molecule has 0 spiro atoms. The summed E-state index contributed by atoms with van der Waals surface area (Å²) in [6.07, 6.45) is -0.822. The van der Waals surface area contributed by atoms with Gasteiger partial charge in [0.1, 0.15) is 6.23 Å². The lowest BCUT2D eigenvalue weighted by molar-refractivity contribution is -0.148. The Morgan fingerprint density at radius 1 is 1.83 bits per heavy atom. The van der Waals surface area contributed by atoms with Gasteiger partial charge in [-0.2, -0.15) is 0 Å². The zero-order valence-corrected chi connectivity index (χ0v) is 7.03. The van der Waals surface area contributed by atoms with E-state index in [4.69, 9.17) is 5.11 Å². The molecule has 2 unspecified atom stereocenters. The fourth-order valence-electron chi connectivity index (χ4n) is 1.40. The van der Waals surface area contributed by atoms with E-state index < -0.39 is 6.23 Å². The van der Waals surface area contributed by atoms with Crippen LogP contribution in [-0.4, -0.2) is 53.0 Å². The van der Waals surface area contributed by atoms with Crippen molar-refractivity contribution in [2.45, 2.75) is 19.2 Å². The largest absolute Gasteiger partial charge is 0.394 e. The molecular weight excluding hydrogens is 160 g/mol. The Bertz CT molecular complexity index is 172. The average molecular weight is 174 g/mol. The molecule has 0 aromatic heterocycles. The Hall–Kier alpha value is -0.650.